The highest BCUT2D eigenvalue weighted by molar-refractivity contribution is 7.16. The maximum Gasteiger partial charge on any atom is 0.0931 e. The van der Waals surface area contributed by atoms with Gasteiger partial charge in [0.2, 0.25) is 0 Å². The lowest BCUT2D eigenvalue weighted by Crippen LogP contribution is -2.23. The van der Waals surface area contributed by atoms with Crippen LogP contribution in [0.2, 0.25) is 4.34 Å². The molecule has 0 spiro atoms. The van der Waals surface area contributed by atoms with E-state index >= 15 is 0 Å². The maximum atomic E-state index is 5.96. The van der Waals surface area contributed by atoms with Crippen molar-refractivity contribution in [3.05, 3.63) is 21.3 Å². The van der Waals surface area contributed by atoms with Gasteiger partial charge in [-0.05, 0) is 43.9 Å². The van der Waals surface area contributed by atoms with Gasteiger partial charge in [-0.25, -0.2) is 0 Å². The molecule has 0 radical (unpaired) electrons. The maximum absolute atomic E-state index is 5.96. The Bertz CT molecular complexity index is 355. The van der Waals surface area contributed by atoms with Gasteiger partial charge in [-0.1, -0.05) is 44.2 Å². The van der Waals surface area contributed by atoms with Crippen LogP contribution in [0.4, 0.5) is 0 Å². The Labute approximate surface area is 120 Å². The van der Waals surface area contributed by atoms with Crippen LogP contribution in [0.1, 0.15) is 56.9 Å². The molecule has 2 rings (SSSR count). The van der Waals surface area contributed by atoms with Gasteiger partial charge in [0.25, 0.3) is 0 Å². The quantitative estimate of drug-likeness (QED) is 0.777. The van der Waals surface area contributed by atoms with Crippen molar-refractivity contribution in [3.8, 4) is 0 Å². The molecule has 102 valence electrons. The van der Waals surface area contributed by atoms with Crippen molar-refractivity contribution in [2.75, 3.05) is 6.54 Å². The van der Waals surface area contributed by atoms with Crippen molar-refractivity contribution in [1.29, 1.82) is 0 Å². The Hall–Kier alpha value is -0.0500. The van der Waals surface area contributed by atoms with Gasteiger partial charge in [0.05, 0.1) is 4.34 Å². The summed E-state index contributed by atoms with van der Waals surface area (Å²) in [5.74, 6) is 1.91. The Kier molecular flexibility index (Phi) is 5.53. The van der Waals surface area contributed by atoms with E-state index in [4.69, 9.17) is 11.6 Å². The fourth-order valence-corrected chi connectivity index (χ4v) is 3.87. The second-order valence-corrected chi connectivity index (χ2v) is 7.48. The fourth-order valence-electron chi connectivity index (χ4n) is 2.78. The lowest BCUT2D eigenvalue weighted by molar-refractivity contribution is 0.273. The van der Waals surface area contributed by atoms with Crippen LogP contribution >= 0.6 is 22.9 Å². The van der Waals surface area contributed by atoms with Gasteiger partial charge in [0, 0.05) is 10.9 Å². The molecule has 1 aliphatic rings. The predicted octanol–water partition coefficient (Wildman–Crippen LogP) is 5.27. The number of halogens is 1. The minimum absolute atomic E-state index is 0.435. The smallest absolute Gasteiger partial charge is 0.0931 e. The van der Waals surface area contributed by atoms with Crippen molar-refractivity contribution in [2.45, 2.75) is 52.0 Å². The van der Waals surface area contributed by atoms with Crippen molar-refractivity contribution in [2.24, 2.45) is 11.8 Å². The molecular weight excluding hydrogens is 262 g/mol. The summed E-state index contributed by atoms with van der Waals surface area (Å²) >= 11 is 7.65. The molecule has 18 heavy (non-hydrogen) atoms. The van der Waals surface area contributed by atoms with Gasteiger partial charge in [0.1, 0.15) is 0 Å². The zero-order chi connectivity index (χ0) is 13.0. The number of hydrogen-bond acceptors (Lipinski definition) is 2. The van der Waals surface area contributed by atoms with Crippen LogP contribution < -0.4 is 5.32 Å². The average Bonchev–Trinajstić information content (AvgIpc) is 2.78. The fraction of sp³-hybridized carbons (Fsp3) is 0.733. The Morgan fingerprint density at radius 3 is 2.67 bits per heavy atom. The monoisotopic (exact) mass is 285 g/mol. The normalized spacial score (nSPS) is 26.2. The summed E-state index contributed by atoms with van der Waals surface area (Å²) < 4.78 is 0.889. The molecule has 1 nitrogen and oxygen atoms in total. The molecule has 1 aromatic heterocycles. The van der Waals surface area contributed by atoms with E-state index in [2.05, 4.69) is 25.2 Å². The van der Waals surface area contributed by atoms with Gasteiger partial charge in [-0.3, -0.25) is 0 Å². The summed E-state index contributed by atoms with van der Waals surface area (Å²) in [7, 11) is 0. The molecule has 0 aliphatic heterocycles. The average molecular weight is 286 g/mol. The molecule has 0 saturated heterocycles. The van der Waals surface area contributed by atoms with Crippen molar-refractivity contribution in [3.63, 3.8) is 0 Å². The van der Waals surface area contributed by atoms with Crippen LogP contribution in [-0.4, -0.2) is 6.54 Å². The van der Waals surface area contributed by atoms with Crippen LogP contribution in [0.5, 0.6) is 0 Å². The zero-order valence-electron chi connectivity index (χ0n) is 11.4. The first-order valence-electron chi connectivity index (χ1n) is 7.13. The van der Waals surface area contributed by atoms with Crippen molar-refractivity contribution < 1.29 is 0 Å². The first-order valence-corrected chi connectivity index (χ1v) is 8.33. The third-order valence-electron chi connectivity index (χ3n) is 4.16. The molecular formula is C15H24ClNS. The van der Waals surface area contributed by atoms with E-state index in [-0.39, 0.29) is 0 Å². The summed E-state index contributed by atoms with van der Waals surface area (Å²) in [6.07, 6.45) is 7.06. The molecule has 1 N–H and O–H groups in total. The number of rotatable bonds is 5. The van der Waals surface area contributed by atoms with Gasteiger partial charge < -0.3 is 5.32 Å². The first kappa shape index (κ1) is 14.4. The highest BCUT2D eigenvalue weighted by atomic mass is 35.5. The van der Waals surface area contributed by atoms with Gasteiger partial charge in [0.15, 0.2) is 0 Å². The molecule has 1 atom stereocenters. The molecule has 1 unspecified atom stereocenters. The predicted molar refractivity (Wildman–Crippen MR) is 81.5 cm³/mol. The van der Waals surface area contributed by atoms with E-state index in [1.165, 1.54) is 37.0 Å². The van der Waals surface area contributed by atoms with Crippen molar-refractivity contribution in [1.82, 2.24) is 5.32 Å². The van der Waals surface area contributed by atoms with Crippen molar-refractivity contribution >= 4 is 22.9 Å². The second-order valence-electron chi connectivity index (χ2n) is 5.73. The van der Waals surface area contributed by atoms with E-state index < -0.39 is 0 Å². The van der Waals surface area contributed by atoms with Crippen LogP contribution in [-0.2, 0) is 0 Å². The van der Waals surface area contributed by atoms with E-state index in [1.54, 1.807) is 11.3 Å². The van der Waals surface area contributed by atoms with Gasteiger partial charge in [-0.15, -0.1) is 11.3 Å². The topological polar surface area (TPSA) is 12.0 Å². The SMILES string of the molecule is CC1CCC(CCNC(C)c2ccc(Cl)s2)CC1. The molecule has 0 amide bonds. The van der Waals surface area contributed by atoms with E-state index in [9.17, 15) is 0 Å². The minimum atomic E-state index is 0.435. The highest BCUT2D eigenvalue weighted by Gasteiger charge is 2.18. The molecule has 1 fully saturated rings. The third kappa shape index (κ3) is 4.25. The third-order valence-corrected chi connectivity index (χ3v) is 5.57. The molecule has 0 bridgehead atoms. The van der Waals surface area contributed by atoms with Crippen LogP contribution in [0.25, 0.3) is 0 Å². The van der Waals surface area contributed by atoms with E-state index in [0.29, 0.717) is 6.04 Å². The summed E-state index contributed by atoms with van der Waals surface area (Å²) in [5.41, 5.74) is 0. The molecule has 0 aromatic carbocycles. The highest BCUT2D eigenvalue weighted by Crippen LogP contribution is 2.30. The van der Waals surface area contributed by atoms with E-state index in [0.717, 1.165) is 22.7 Å². The van der Waals surface area contributed by atoms with Gasteiger partial charge in [-0.2, -0.15) is 0 Å². The van der Waals surface area contributed by atoms with Crippen LogP contribution in [0, 0.1) is 11.8 Å². The van der Waals surface area contributed by atoms with E-state index in [1.807, 2.05) is 6.07 Å². The zero-order valence-corrected chi connectivity index (χ0v) is 13.0. The Balaban J connectivity index is 1.66. The number of hydrogen-bond donors (Lipinski definition) is 1. The summed E-state index contributed by atoms with van der Waals surface area (Å²) in [6, 6.07) is 4.56. The summed E-state index contributed by atoms with van der Waals surface area (Å²) in [4.78, 5) is 1.34. The summed E-state index contributed by atoms with van der Waals surface area (Å²) in [6.45, 7) is 5.75. The minimum Gasteiger partial charge on any atom is -0.309 e. The standard InChI is InChI=1S/C15H24ClNS/c1-11-3-5-13(6-4-11)9-10-17-12(2)14-7-8-15(16)18-14/h7-8,11-13,17H,3-6,9-10H2,1-2H3. The summed E-state index contributed by atoms with van der Waals surface area (Å²) in [5, 5.41) is 3.62. The van der Waals surface area contributed by atoms with Gasteiger partial charge >= 0.3 is 0 Å². The Morgan fingerprint density at radius 1 is 1.33 bits per heavy atom. The number of nitrogens with one attached hydrogen (secondary N) is 1. The molecule has 1 heterocycles. The molecule has 1 aliphatic carbocycles. The molecule has 1 saturated carbocycles. The lowest BCUT2D eigenvalue weighted by Gasteiger charge is -2.26. The lowest BCUT2D eigenvalue weighted by atomic mass is 9.81. The molecule has 1 aromatic rings. The second kappa shape index (κ2) is 6.93. The molecule has 3 heteroatoms. The van der Waals surface area contributed by atoms with Crippen LogP contribution in [0.15, 0.2) is 12.1 Å². The number of thiophene rings is 1. The first-order chi connectivity index (χ1) is 8.65. The Morgan fingerprint density at radius 2 is 2.06 bits per heavy atom. The van der Waals surface area contributed by atoms with Crippen LogP contribution in [0.3, 0.4) is 0 Å². The largest absolute Gasteiger partial charge is 0.309 e.